The third kappa shape index (κ3) is 2.62. The number of nitrogens with zero attached hydrogens (tertiary/aromatic N) is 1. The van der Waals surface area contributed by atoms with Crippen LogP contribution in [0, 0.1) is 5.82 Å². The van der Waals surface area contributed by atoms with Gasteiger partial charge < -0.3 is 10.1 Å². The largest absolute Gasteiger partial charge is 0.494 e. The van der Waals surface area contributed by atoms with E-state index in [2.05, 4.69) is 24.1 Å². The maximum absolute atomic E-state index is 13.8. The van der Waals surface area contributed by atoms with Crippen LogP contribution in [0.3, 0.4) is 0 Å². The average molecular weight is 262 g/mol. The van der Waals surface area contributed by atoms with Crippen molar-refractivity contribution in [3.63, 3.8) is 0 Å². The van der Waals surface area contributed by atoms with Gasteiger partial charge in [-0.2, -0.15) is 0 Å². The van der Waals surface area contributed by atoms with E-state index in [0.717, 1.165) is 23.3 Å². The molecule has 0 spiro atoms. The third-order valence-electron chi connectivity index (χ3n) is 3.06. The van der Waals surface area contributed by atoms with Crippen LogP contribution in [-0.4, -0.2) is 18.6 Å². The highest BCUT2D eigenvalue weighted by atomic mass is 19.1. The second-order valence-electron chi connectivity index (χ2n) is 4.78. The zero-order valence-electron chi connectivity index (χ0n) is 11.7. The number of nitrogens with one attached hydrogen (secondary N) is 1. The molecule has 0 atom stereocenters. The molecule has 0 fully saturated rings. The van der Waals surface area contributed by atoms with Gasteiger partial charge in [0.2, 0.25) is 0 Å². The zero-order valence-corrected chi connectivity index (χ0v) is 11.7. The van der Waals surface area contributed by atoms with Crippen molar-refractivity contribution in [1.29, 1.82) is 0 Å². The molecule has 0 bridgehead atoms. The highest BCUT2D eigenvalue weighted by molar-refractivity contribution is 5.92. The van der Waals surface area contributed by atoms with E-state index >= 15 is 0 Å². The average Bonchev–Trinajstić information content (AvgIpc) is 2.37. The molecule has 1 heterocycles. The molecule has 1 aromatic heterocycles. The molecule has 0 aliphatic heterocycles. The first-order chi connectivity index (χ1) is 9.06. The summed E-state index contributed by atoms with van der Waals surface area (Å²) in [5, 5.41) is 4.18. The Hall–Kier alpha value is -1.84. The van der Waals surface area contributed by atoms with Gasteiger partial charge in [-0.25, -0.2) is 4.39 Å². The Bertz CT molecular complexity index is 596. The SMILES string of the molecule is CCNc1cc(C(C)C)nc2cc(F)c(OC)cc12. The number of fused-ring (bicyclic) bond motifs is 1. The maximum Gasteiger partial charge on any atom is 0.167 e. The molecule has 0 radical (unpaired) electrons. The number of hydrogen-bond acceptors (Lipinski definition) is 3. The molecule has 3 nitrogen and oxygen atoms in total. The summed E-state index contributed by atoms with van der Waals surface area (Å²) in [6, 6.07) is 5.15. The molecule has 4 heteroatoms. The molecular weight excluding hydrogens is 243 g/mol. The van der Waals surface area contributed by atoms with Gasteiger partial charge in [-0.1, -0.05) is 13.8 Å². The monoisotopic (exact) mass is 262 g/mol. The zero-order chi connectivity index (χ0) is 14.0. The molecule has 0 saturated carbocycles. The second-order valence-corrected chi connectivity index (χ2v) is 4.78. The molecule has 19 heavy (non-hydrogen) atoms. The van der Waals surface area contributed by atoms with Crippen LogP contribution in [0.5, 0.6) is 5.75 Å². The van der Waals surface area contributed by atoms with Gasteiger partial charge in [-0.05, 0) is 25.0 Å². The fourth-order valence-corrected chi connectivity index (χ4v) is 2.04. The molecule has 2 rings (SSSR count). The van der Waals surface area contributed by atoms with Crippen molar-refractivity contribution in [1.82, 2.24) is 4.98 Å². The fourth-order valence-electron chi connectivity index (χ4n) is 2.04. The number of rotatable bonds is 4. The minimum absolute atomic E-state index is 0.241. The molecule has 102 valence electrons. The number of halogens is 1. The Morgan fingerprint density at radius 2 is 2.05 bits per heavy atom. The molecule has 0 unspecified atom stereocenters. The van der Waals surface area contributed by atoms with Gasteiger partial charge in [0.05, 0.1) is 12.6 Å². The van der Waals surface area contributed by atoms with E-state index < -0.39 is 0 Å². The number of pyridine rings is 1. The van der Waals surface area contributed by atoms with Gasteiger partial charge >= 0.3 is 0 Å². The van der Waals surface area contributed by atoms with Gasteiger partial charge in [-0.3, -0.25) is 4.98 Å². The predicted octanol–water partition coefficient (Wildman–Crippen LogP) is 3.94. The second kappa shape index (κ2) is 5.43. The highest BCUT2D eigenvalue weighted by Gasteiger charge is 2.12. The number of methoxy groups -OCH3 is 1. The maximum atomic E-state index is 13.8. The summed E-state index contributed by atoms with van der Waals surface area (Å²) in [5.41, 5.74) is 2.57. The molecule has 0 amide bonds. The Morgan fingerprint density at radius 1 is 1.32 bits per heavy atom. The van der Waals surface area contributed by atoms with Crippen molar-refractivity contribution < 1.29 is 9.13 Å². The van der Waals surface area contributed by atoms with Crippen LogP contribution in [0.25, 0.3) is 10.9 Å². The summed E-state index contributed by atoms with van der Waals surface area (Å²) in [7, 11) is 1.47. The Kier molecular flexibility index (Phi) is 3.88. The number of aromatic nitrogens is 1. The number of hydrogen-bond donors (Lipinski definition) is 1. The van der Waals surface area contributed by atoms with Crippen LogP contribution in [-0.2, 0) is 0 Å². The van der Waals surface area contributed by atoms with Gasteiger partial charge in [0.1, 0.15) is 0 Å². The standard InChI is InChI=1S/C15H19FN2O/c1-5-17-13-8-12(9(2)3)18-14-7-11(16)15(19-4)6-10(13)14/h6-9H,5H2,1-4H3,(H,17,18). The number of ether oxygens (including phenoxy) is 1. The van der Waals surface area contributed by atoms with Crippen molar-refractivity contribution in [2.45, 2.75) is 26.7 Å². The fraction of sp³-hybridized carbons (Fsp3) is 0.400. The normalized spacial score (nSPS) is 11.1. The quantitative estimate of drug-likeness (QED) is 0.906. The lowest BCUT2D eigenvalue weighted by atomic mass is 10.1. The predicted molar refractivity (Wildman–Crippen MR) is 76.5 cm³/mol. The van der Waals surface area contributed by atoms with Crippen LogP contribution in [0.4, 0.5) is 10.1 Å². The van der Waals surface area contributed by atoms with Crippen molar-refractivity contribution >= 4 is 16.6 Å². The summed E-state index contributed by atoms with van der Waals surface area (Å²) in [6.07, 6.45) is 0. The van der Waals surface area contributed by atoms with Gasteiger partial charge in [-0.15, -0.1) is 0 Å². The van der Waals surface area contributed by atoms with E-state index in [0.29, 0.717) is 11.4 Å². The van der Waals surface area contributed by atoms with E-state index in [1.165, 1.54) is 13.2 Å². The molecule has 2 aromatic rings. The van der Waals surface area contributed by atoms with Crippen molar-refractivity contribution in [2.75, 3.05) is 19.0 Å². The molecule has 1 aromatic carbocycles. The molecule has 0 aliphatic rings. The minimum atomic E-state index is -0.383. The summed E-state index contributed by atoms with van der Waals surface area (Å²) < 4.78 is 18.8. The van der Waals surface area contributed by atoms with Crippen LogP contribution in [0.2, 0.25) is 0 Å². The van der Waals surface area contributed by atoms with Crippen molar-refractivity contribution in [2.24, 2.45) is 0 Å². The van der Waals surface area contributed by atoms with Crippen LogP contribution >= 0.6 is 0 Å². The Balaban J connectivity index is 2.71. The first-order valence-electron chi connectivity index (χ1n) is 6.48. The number of benzene rings is 1. The lowest BCUT2D eigenvalue weighted by Gasteiger charge is -2.13. The van der Waals surface area contributed by atoms with Crippen LogP contribution < -0.4 is 10.1 Å². The van der Waals surface area contributed by atoms with Gasteiger partial charge in [0.15, 0.2) is 11.6 Å². The summed E-state index contributed by atoms with van der Waals surface area (Å²) in [5.74, 6) is 0.156. The van der Waals surface area contributed by atoms with E-state index in [-0.39, 0.29) is 11.6 Å². The summed E-state index contributed by atoms with van der Waals surface area (Å²) >= 11 is 0. The molecule has 0 aliphatic carbocycles. The van der Waals surface area contributed by atoms with Gasteiger partial charge in [0, 0.05) is 29.4 Å². The lowest BCUT2D eigenvalue weighted by molar-refractivity contribution is 0.387. The summed E-state index contributed by atoms with van der Waals surface area (Å²) in [6.45, 7) is 6.98. The lowest BCUT2D eigenvalue weighted by Crippen LogP contribution is -2.02. The van der Waals surface area contributed by atoms with Crippen LogP contribution in [0.15, 0.2) is 18.2 Å². The van der Waals surface area contributed by atoms with E-state index in [1.54, 1.807) is 6.07 Å². The topological polar surface area (TPSA) is 34.2 Å². The van der Waals surface area contributed by atoms with E-state index in [9.17, 15) is 4.39 Å². The smallest absolute Gasteiger partial charge is 0.167 e. The van der Waals surface area contributed by atoms with Crippen molar-refractivity contribution in [3.8, 4) is 5.75 Å². The Labute approximate surface area is 112 Å². The molecule has 0 saturated heterocycles. The number of anilines is 1. The molecular formula is C15H19FN2O. The van der Waals surface area contributed by atoms with E-state index in [1.807, 2.05) is 13.0 Å². The first kappa shape index (κ1) is 13.6. The Morgan fingerprint density at radius 3 is 2.63 bits per heavy atom. The molecule has 1 N–H and O–H groups in total. The van der Waals surface area contributed by atoms with Crippen molar-refractivity contribution in [3.05, 3.63) is 29.7 Å². The highest BCUT2D eigenvalue weighted by Crippen LogP contribution is 2.31. The minimum Gasteiger partial charge on any atom is -0.494 e. The van der Waals surface area contributed by atoms with E-state index in [4.69, 9.17) is 4.74 Å². The first-order valence-corrected chi connectivity index (χ1v) is 6.48. The van der Waals surface area contributed by atoms with Crippen LogP contribution in [0.1, 0.15) is 32.4 Å². The third-order valence-corrected chi connectivity index (χ3v) is 3.06. The summed E-state index contributed by atoms with van der Waals surface area (Å²) in [4.78, 5) is 4.52. The van der Waals surface area contributed by atoms with Gasteiger partial charge in [0.25, 0.3) is 0 Å².